The molecule has 0 spiro atoms. The average molecular weight is 485 g/mol. The molecule has 1 atom stereocenters. The van der Waals surface area contributed by atoms with Crippen LogP contribution in [0.5, 0.6) is 0 Å². The molecular weight excluding hydrogens is 462 g/mol. The number of nitriles is 1. The lowest BCUT2D eigenvalue weighted by molar-refractivity contribution is 0.184. The van der Waals surface area contributed by atoms with Crippen LogP contribution in [0.25, 0.3) is 22.0 Å². The van der Waals surface area contributed by atoms with Gasteiger partial charge in [-0.15, -0.1) is 10.2 Å². The van der Waals surface area contributed by atoms with Gasteiger partial charge in [0.1, 0.15) is 17.3 Å². The van der Waals surface area contributed by atoms with Gasteiger partial charge in [-0.05, 0) is 49.4 Å². The van der Waals surface area contributed by atoms with Gasteiger partial charge in [-0.2, -0.15) is 5.26 Å². The molecule has 5 rings (SSSR count). The van der Waals surface area contributed by atoms with Crippen molar-refractivity contribution in [2.45, 2.75) is 13.0 Å². The van der Waals surface area contributed by atoms with Crippen LogP contribution in [0.3, 0.4) is 0 Å². The third kappa shape index (κ3) is 4.41. The van der Waals surface area contributed by atoms with Crippen molar-refractivity contribution in [3.8, 4) is 17.3 Å². The largest absolute Gasteiger partial charge is 0.351 e. The van der Waals surface area contributed by atoms with E-state index in [-0.39, 0.29) is 23.1 Å². The highest BCUT2D eigenvalue weighted by molar-refractivity contribution is 6.00. The second kappa shape index (κ2) is 9.58. The second-order valence-corrected chi connectivity index (χ2v) is 8.65. The van der Waals surface area contributed by atoms with Gasteiger partial charge in [0.2, 0.25) is 0 Å². The minimum absolute atomic E-state index is 0.0295. The zero-order chi connectivity index (χ0) is 25.2. The molecule has 3 aromatic carbocycles. The fraction of sp³-hybridized carbons (Fsp3) is 0.185. The number of carbonyl (C=O) groups excluding carboxylic acids is 1. The van der Waals surface area contributed by atoms with E-state index in [2.05, 4.69) is 20.4 Å². The highest BCUT2D eigenvalue weighted by Crippen LogP contribution is 2.32. The number of nitrogens with one attached hydrogen (secondary N) is 1. The number of fused-ring (bicyclic) bond motifs is 1. The number of hydrogen-bond donors (Lipinski definition) is 1. The van der Waals surface area contributed by atoms with Crippen LogP contribution >= 0.6 is 0 Å². The molecule has 36 heavy (non-hydrogen) atoms. The van der Waals surface area contributed by atoms with E-state index in [1.807, 2.05) is 37.3 Å². The van der Waals surface area contributed by atoms with Gasteiger partial charge >= 0.3 is 6.03 Å². The zero-order valence-electron chi connectivity index (χ0n) is 19.4. The first-order valence-electron chi connectivity index (χ1n) is 11.5. The Balaban J connectivity index is 1.36. The topological polar surface area (TPSA) is 85.2 Å². The molecule has 0 bridgehead atoms. The van der Waals surface area contributed by atoms with E-state index in [0.29, 0.717) is 31.1 Å². The van der Waals surface area contributed by atoms with E-state index >= 15 is 0 Å². The molecule has 1 saturated heterocycles. The van der Waals surface area contributed by atoms with Gasteiger partial charge in [0.25, 0.3) is 0 Å². The molecule has 4 aromatic rings. The van der Waals surface area contributed by atoms with Gasteiger partial charge in [-0.3, -0.25) is 0 Å². The number of halogens is 2. The first-order chi connectivity index (χ1) is 17.4. The summed E-state index contributed by atoms with van der Waals surface area (Å²) in [6.07, 6.45) is 0. The number of amides is 2. The molecule has 7 nitrogen and oxygen atoms in total. The number of benzene rings is 3. The van der Waals surface area contributed by atoms with Gasteiger partial charge in [-0.1, -0.05) is 24.3 Å². The summed E-state index contributed by atoms with van der Waals surface area (Å²) >= 11 is 0. The summed E-state index contributed by atoms with van der Waals surface area (Å²) in [5, 5.41) is 22.3. The molecule has 1 aliphatic heterocycles. The summed E-state index contributed by atoms with van der Waals surface area (Å²) in [4.78, 5) is 16.6. The lowest BCUT2D eigenvalue weighted by atomic mass is 10.0. The molecule has 0 saturated carbocycles. The quantitative estimate of drug-likeness (QED) is 0.433. The maximum atomic E-state index is 14.2. The zero-order valence-corrected chi connectivity index (χ0v) is 19.4. The van der Waals surface area contributed by atoms with Crippen molar-refractivity contribution in [3.63, 3.8) is 0 Å². The lowest BCUT2D eigenvalue weighted by Gasteiger charge is -2.40. The number of aromatic nitrogens is 2. The summed E-state index contributed by atoms with van der Waals surface area (Å²) in [6.45, 7) is 3.35. The van der Waals surface area contributed by atoms with Crippen LogP contribution in [0, 0.1) is 23.0 Å². The predicted molar refractivity (Wildman–Crippen MR) is 133 cm³/mol. The normalized spacial score (nSPS) is 15.6. The maximum Gasteiger partial charge on any atom is 0.322 e. The Labute approximate surface area is 206 Å². The first-order valence-corrected chi connectivity index (χ1v) is 11.5. The monoisotopic (exact) mass is 484 g/mol. The Morgan fingerprint density at radius 3 is 2.47 bits per heavy atom. The maximum absolute atomic E-state index is 14.2. The minimum Gasteiger partial charge on any atom is -0.351 e. The standard InChI is InChI=1S/C27H22F2N6O/c1-17-16-34(12-13-35(17)27(36)31-24-11-6-18(15-30)14-23(24)29)26-22-5-3-2-4-21(22)25(32-33-26)19-7-9-20(28)10-8-19/h2-11,14,17H,12-13,16H2,1H3,(H,31,36)/t17-/m0/s1. The molecule has 2 heterocycles. The van der Waals surface area contributed by atoms with Crippen molar-refractivity contribution < 1.29 is 13.6 Å². The van der Waals surface area contributed by atoms with Gasteiger partial charge in [0.15, 0.2) is 5.82 Å². The highest BCUT2D eigenvalue weighted by atomic mass is 19.1. The number of nitrogens with zero attached hydrogens (tertiary/aromatic N) is 5. The van der Waals surface area contributed by atoms with Crippen LogP contribution in [0.2, 0.25) is 0 Å². The van der Waals surface area contributed by atoms with E-state index < -0.39 is 11.8 Å². The average Bonchev–Trinajstić information content (AvgIpc) is 2.89. The Morgan fingerprint density at radius 2 is 1.78 bits per heavy atom. The molecule has 180 valence electrons. The number of piperazine rings is 1. The van der Waals surface area contributed by atoms with Crippen molar-refractivity contribution in [3.05, 3.63) is 83.9 Å². The highest BCUT2D eigenvalue weighted by Gasteiger charge is 2.30. The van der Waals surface area contributed by atoms with E-state index in [9.17, 15) is 13.6 Å². The Morgan fingerprint density at radius 1 is 1.03 bits per heavy atom. The Hall–Kier alpha value is -4.58. The van der Waals surface area contributed by atoms with Crippen LogP contribution < -0.4 is 10.2 Å². The van der Waals surface area contributed by atoms with Crippen molar-refractivity contribution in [2.24, 2.45) is 0 Å². The van der Waals surface area contributed by atoms with Gasteiger partial charge in [0.05, 0.1) is 17.3 Å². The van der Waals surface area contributed by atoms with Crippen molar-refractivity contribution in [1.29, 1.82) is 5.26 Å². The number of anilines is 2. The minimum atomic E-state index is -0.656. The molecule has 1 aliphatic rings. The number of urea groups is 1. The fourth-order valence-corrected chi connectivity index (χ4v) is 4.47. The van der Waals surface area contributed by atoms with Crippen LogP contribution in [0.15, 0.2) is 66.7 Å². The van der Waals surface area contributed by atoms with Gasteiger partial charge < -0.3 is 15.1 Å². The van der Waals surface area contributed by atoms with Crippen molar-refractivity contribution in [2.75, 3.05) is 29.9 Å². The second-order valence-electron chi connectivity index (χ2n) is 8.65. The number of carbonyl (C=O) groups is 1. The molecular formula is C27H22F2N6O. The van der Waals surface area contributed by atoms with Crippen LogP contribution in [0.4, 0.5) is 25.1 Å². The molecule has 9 heteroatoms. The number of rotatable bonds is 3. The van der Waals surface area contributed by atoms with Crippen molar-refractivity contribution in [1.82, 2.24) is 15.1 Å². The first kappa shape index (κ1) is 23.2. The molecule has 0 radical (unpaired) electrons. The molecule has 0 aliphatic carbocycles. The van der Waals surface area contributed by atoms with E-state index in [1.54, 1.807) is 17.0 Å². The summed E-state index contributed by atoms with van der Waals surface area (Å²) in [5.41, 5.74) is 1.66. The lowest BCUT2D eigenvalue weighted by Crippen LogP contribution is -2.55. The molecule has 1 N–H and O–H groups in total. The van der Waals surface area contributed by atoms with Gasteiger partial charge in [-0.25, -0.2) is 13.6 Å². The summed E-state index contributed by atoms with van der Waals surface area (Å²) in [7, 11) is 0. The molecule has 1 fully saturated rings. The van der Waals surface area contributed by atoms with Gasteiger partial charge in [0, 0.05) is 42.0 Å². The SMILES string of the molecule is C[C@H]1CN(c2nnc(-c3ccc(F)cc3)c3ccccc23)CCN1C(=O)Nc1ccc(C#N)cc1F. The van der Waals surface area contributed by atoms with Crippen LogP contribution in [-0.2, 0) is 0 Å². The summed E-state index contributed by atoms with van der Waals surface area (Å²) < 4.78 is 27.7. The van der Waals surface area contributed by atoms with E-state index in [0.717, 1.165) is 22.4 Å². The third-order valence-corrected chi connectivity index (χ3v) is 6.31. The molecule has 1 aromatic heterocycles. The Kier molecular flexibility index (Phi) is 6.17. The predicted octanol–water partition coefficient (Wildman–Crippen LogP) is 5.19. The molecule has 0 unspecified atom stereocenters. The van der Waals surface area contributed by atoms with Crippen molar-refractivity contribution >= 4 is 28.3 Å². The number of hydrogen-bond acceptors (Lipinski definition) is 5. The van der Waals surface area contributed by atoms with Crippen LogP contribution in [0.1, 0.15) is 12.5 Å². The van der Waals surface area contributed by atoms with E-state index in [1.165, 1.54) is 24.3 Å². The molecule has 2 amide bonds. The smallest absolute Gasteiger partial charge is 0.322 e. The Bertz CT molecular complexity index is 1480. The summed E-state index contributed by atoms with van der Waals surface area (Å²) in [6, 6.07) is 19.2. The summed E-state index contributed by atoms with van der Waals surface area (Å²) in [5.74, 6) is -0.261. The van der Waals surface area contributed by atoms with E-state index in [4.69, 9.17) is 5.26 Å². The van der Waals surface area contributed by atoms with Crippen LogP contribution in [-0.4, -0.2) is 46.8 Å². The third-order valence-electron chi connectivity index (χ3n) is 6.31. The fourth-order valence-electron chi connectivity index (χ4n) is 4.47.